The molecule has 5 N–H and O–H groups in total. The van der Waals surface area contributed by atoms with Crippen LogP contribution in [0.5, 0.6) is 0 Å². The van der Waals surface area contributed by atoms with Gasteiger partial charge in [0.25, 0.3) is 0 Å². The Kier molecular flexibility index (Phi) is 13.2. The summed E-state index contributed by atoms with van der Waals surface area (Å²) in [5.74, 6) is 0.623. The summed E-state index contributed by atoms with van der Waals surface area (Å²) in [5.41, 5.74) is 5.40. The number of carbonyl (C=O) groups is 1. The molecule has 1 aliphatic heterocycles. The first kappa shape index (κ1) is 28.3. The highest BCUT2D eigenvalue weighted by molar-refractivity contribution is 6.17. The van der Waals surface area contributed by atoms with E-state index in [4.69, 9.17) is 36.3 Å². The van der Waals surface area contributed by atoms with Gasteiger partial charge in [-0.05, 0) is 12.8 Å². The number of halogens is 1. The molecule has 1 unspecified atom stereocenters. The van der Waals surface area contributed by atoms with Crippen LogP contribution in [0.3, 0.4) is 0 Å². The first-order valence-electron chi connectivity index (χ1n) is 11.4. The summed E-state index contributed by atoms with van der Waals surface area (Å²) in [6.07, 6.45) is 2.53. The first-order valence-corrected chi connectivity index (χ1v) is 11.9. The van der Waals surface area contributed by atoms with Gasteiger partial charge in [-0.25, -0.2) is 9.59 Å². The molecule has 0 bridgehead atoms. The molecule has 34 heavy (non-hydrogen) atoms. The fourth-order valence-electron chi connectivity index (χ4n) is 3.28. The number of unbranched alkanes of at least 4 members (excludes halogenated alkanes) is 3. The standard InChI is InChI=1S/C21H35ClN4O8/c22-5-3-1-2-4-7-31-9-10-32-8-6-24-21(30)33-14-15-12-26(20(29)25-19(15)23)18-11-16(28)17(13-27)34-18/h12,16-18,27-28H,1-11,13-14H2,(H,24,30)(H2,23,25,29)/t16?,17-,18-/m1/s1. The highest BCUT2D eigenvalue weighted by Crippen LogP contribution is 2.27. The zero-order chi connectivity index (χ0) is 24.8. The number of ether oxygens (including phenoxy) is 4. The van der Waals surface area contributed by atoms with E-state index in [9.17, 15) is 19.8 Å². The van der Waals surface area contributed by atoms with Crippen LogP contribution < -0.4 is 16.7 Å². The Bertz CT molecular complexity index is 797. The fourth-order valence-corrected chi connectivity index (χ4v) is 3.47. The average Bonchev–Trinajstić information content (AvgIpc) is 3.19. The summed E-state index contributed by atoms with van der Waals surface area (Å²) in [7, 11) is 0. The second kappa shape index (κ2) is 15.8. The van der Waals surface area contributed by atoms with Gasteiger partial charge >= 0.3 is 11.8 Å². The zero-order valence-corrected chi connectivity index (χ0v) is 20.0. The van der Waals surface area contributed by atoms with Crippen LogP contribution in [0.4, 0.5) is 10.6 Å². The number of amides is 1. The van der Waals surface area contributed by atoms with E-state index in [-0.39, 0.29) is 32.0 Å². The van der Waals surface area contributed by atoms with E-state index in [1.807, 2.05) is 0 Å². The first-order chi connectivity index (χ1) is 16.5. The molecule has 2 rings (SSSR count). The number of alkyl halides is 1. The summed E-state index contributed by atoms with van der Waals surface area (Å²) < 4.78 is 22.6. The molecule has 0 radical (unpaired) electrons. The summed E-state index contributed by atoms with van der Waals surface area (Å²) in [4.78, 5) is 27.8. The molecule has 3 atom stereocenters. The molecule has 194 valence electrons. The van der Waals surface area contributed by atoms with Gasteiger partial charge in [-0.15, -0.1) is 11.6 Å². The van der Waals surface area contributed by atoms with Crippen molar-refractivity contribution in [2.45, 2.75) is 57.1 Å². The summed E-state index contributed by atoms with van der Waals surface area (Å²) in [6, 6.07) is 0. The Balaban J connectivity index is 1.62. The number of hydrogen-bond acceptors (Lipinski definition) is 10. The molecule has 13 heteroatoms. The number of anilines is 1. The molecule has 1 aromatic heterocycles. The summed E-state index contributed by atoms with van der Waals surface area (Å²) in [6.45, 7) is 1.56. The van der Waals surface area contributed by atoms with Crippen LogP contribution in [0.1, 0.15) is 43.9 Å². The van der Waals surface area contributed by atoms with E-state index in [0.29, 0.717) is 37.9 Å². The van der Waals surface area contributed by atoms with E-state index in [0.717, 1.165) is 30.3 Å². The molecule has 0 aromatic carbocycles. The SMILES string of the molecule is Nc1nc(=O)n([C@H]2CC(O)[C@@H](CO)O2)cc1COC(=O)NCCOCCOCCCCCCCl. The lowest BCUT2D eigenvalue weighted by Gasteiger charge is -2.16. The van der Waals surface area contributed by atoms with Gasteiger partial charge in [0.1, 0.15) is 24.8 Å². The molecular weight excluding hydrogens is 472 g/mol. The van der Waals surface area contributed by atoms with E-state index < -0.39 is 30.2 Å². The maximum Gasteiger partial charge on any atom is 0.407 e. The number of carbonyl (C=O) groups excluding carboxylic acids is 1. The van der Waals surface area contributed by atoms with Crippen LogP contribution in [-0.2, 0) is 25.6 Å². The van der Waals surface area contributed by atoms with Crippen molar-refractivity contribution < 1.29 is 34.0 Å². The van der Waals surface area contributed by atoms with Gasteiger partial charge in [0, 0.05) is 37.2 Å². The number of aliphatic hydroxyl groups is 2. The Morgan fingerprint density at radius 3 is 2.68 bits per heavy atom. The van der Waals surface area contributed by atoms with E-state index >= 15 is 0 Å². The van der Waals surface area contributed by atoms with Gasteiger partial charge in [-0.1, -0.05) is 12.8 Å². The molecule has 1 aromatic rings. The number of nitrogens with zero attached hydrogens (tertiary/aromatic N) is 2. The number of aliphatic hydroxyl groups excluding tert-OH is 2. The molecule has 12 nitrogen and oxygen atoms in total. The minimum atomic E-state index is -0.912. The quantitative estimate of drug-likeness (QED) is 0.183. The monoisotopic (exact) mass is 506 g/mol. The van der Waals surface area contributed by atoms with Crippen LogP contribution in [0, 0.1) is 0 Å². The van der Waals surface area contributed by atoms with Crippen molar-refractivity contribution in [3.05, 3.63) is 22.2 Å². The Labute approximate surface area is 203 Å². The number of rotatable bonds is 16. The van der Waals surface area contributed by atoms with Gasteiger partial charge < -0.3 is 40.2 Å². The molecule has 2 heterocycles. The molecule has 0 aliphatic carbocycles. The molecule has 1 fully saturated rings. The Hall–Kier alpha value is -1.96. The van der Waals surface area contributed by atoms with E-state index in [1.54, 1.807) is 0 Å². The third kappa shape index (κ3) is 9.72. The number of nitrogens with two attached hydrogens (primary N) is 1. The smallest absolute Gasteiger partial charge is 0.407 e. The largest absolute Gasteiger partial charge is 0.444 e. The lowest BCUT2D eigenvalue weighted by Crippen LogP contribution is -2.30. The van der Waals surface area contributed by atoms with E-state index in [2.05, 4.69) is 10.3 Å². The van der Waals surface area contributed by atoms with Crippen molar-refractivity contribution in [3.63, 3.8) is 0 Å². The number of alkyl carbamates (subject to hydrolysis) is 1. The van der Waals surface area contributed by atoms with Crippen LogP contribution in [0.2, 0.25) is 0 Å². The molecule has 1 amide bonds. The van der Waals surface area contributed by atoms with Crippen LogP contribution in [-0.4, -0.2) is 83.5 Å². The summed E-state index contributed by atoms with van der Waals surface area (Å²) in [5, 5.41) is 21.6. The minimum Gasteiger partial charge on any atom is -0.444 e. The van der Waals surface area contributed by atoms with Crippen LogP contribution in [0.25, 0.3) is 0 Å². The van der Waals surface area contributed by atoms with Crippen molar-refractivity contribution in [2.75, 3.05) is 51.2 Å². The number of aromatic nitrogens is 2. The Morgan fingerprint density at radius 2 is 1.97 bits per heavy atom. The predicted octanol–water partition coefficient (Wildman–Crippen LogP) is 0.525. The molecular formula is C21H35ClN4O8. The van der Waals surface area contributed by atoms with Gasteiger partial charge in [0.2, 0.25) is 0 Å². The topological polar surface area (TPSA) is 167 Å². The predicted molar refractivity (Wildman–Crippen MR) is 124 cm³/mol. The second-order valence-electron chi connectivity index (χ2n) is 7.79. The fraction of sp³-hybridized carbons (Fsp3) is 0.762. The lowest BCUT2D eigenvalue weighted by molar-refractivity contribution is -0.0460. The van der Waals surface area contributed by atoms with Gasteiger partial charge in [0.05, 0.1) is 32.5 Å². The second-order valence-corrected chi connectivity index (χ2v) is 8.16. The maximum atomic E-state index is 12.2. The molecule has 0 spiro atoms. The highest BCUT2D eigenvalue weighted by atomic mass is 35.5. The normalized spacial score (nSPS) is 19.9. The molecule has 1 saturated heterocycles. The maximum absolute atomic E-state index is 12.2. The number of nitrogens with one attached hydrogen (secondary N) is 1. The Morgan fingerprint density at radius 1 is 1.24 bits per heavy atom. The highest BCUT2D eigenvalue weighted by Gasteiger charge is 2.35. The van der Waals surface area contributed by atoms with Crippen LogP contribution in [0.15, 0.2) is 11.0 Å². The van der Waals surface area contributed by atoms with E-state index in [1.165, 1.54) is 6.20 Å². The van der Waals surface area contributed by atoms with Crippen molar-refractivity contribution in [1.82, 2.24) is 14.9 Å². The third-order valence-corrected chi connectivity index (χ3v) is 5.44. The lowest BCUT2D eigenvalue weighted by atomic mass is 10.2. The van der Waals surface area contributed by atoms with Crippen molar-refractivity contribution in [3.8, 4) is 0 Å². The van der Waals surface area contributed by atoms with Gasteiger partial charge in [-0.2, -0.15) is 4.98 Å². The third-order valence-electron chi connectivity index (χ3n) is 5.17. The van der Waals surface area contributed by atoms with Crippen LogP contribution >= 0.6 is 11.6 Å². The van der Waals surface area contributed by atoms with Crippen molar-refractivity contribution >= 4 is 23.5 Å². The molecule has 1 aliphatic rings. The average molecular weight is 507 g/mol. The van der Waals surface area contributed by atoms with Crippen molar-refractivity contribution in [1.29, 1.82) is 0 Å². The minimum absolute atomic E-state index is 0.0753. The molecule has 0 saturated carbocycles. The van der Waals surface area contributed by atoms with Gasteiger partial charge in [-0.3, -0.25) is 4.57 Å². The number of hydrogen-bond donors (Lipinski definition) is 4. The van der Waals surface area contributed by atoms with Gasteiger partial charge in [0.15, 0.2) is 0 Å². The van der Waals surface area contributed by atoms with Crippen molar-refractivity contribution in [2.24, 2.45) is 0 Å². The number of nitrogen functional groups attached to an aromatic ring is 1. The zero-order valence-electron chi connectivity index (χ0n) is 19.2. The summed E-state index contributed by atoms with van der Waals surface area (Å²) >= 11 is 5.62.